The van der Waals surface area contributed by atoms with Crippen LogP contribution < -0.4 is 5.32 Å². The van der Waals surface area contributed by atoms with E-state index in [-0.39, 0.29) is 5.58 Å². The van der Waals surface area contributed by atoms with Crippen molar-refractivity contribution in [2.75, 3.05) is 6.54 Å². The molecular formula is C15H18BrF2NO. The Bertz CT molecular complexity index is 622. The van der Waals surface area contributed by atoms with Gasteiger partial charge in [-0.15, -0.1) is 0 Å². The lowest BCUT2D eigenvalue weighted by Crippen LogP contribution is -2.19. The van der Waals surface area contributed by atoms with E-state index in [1.54, 1.807) is 0 Å². The van der Waals surface area contributed by atoms with Crippen LogP contribution in [-0.4, -0.2) is 6.54 Å². The molecule has 0 bridgehead atoms. The lowest BCUT2D eigenvalue weighted by molar-refractivity contribution is 0.456. The number of halogens is 3. The summed E-state index contributed by atoms with van der Waals surface area (Å²) in [6.45, 7) is 7.56. The maximum absolute atomic E-state index is 13.8. The highest BCUT2D eigenvalue weighted by molar-refractivity contribution is 9.10. The number of furan rings is 1. The molecule has 0 fully saturated rings. The van der Waals surface area contributed by atoms with Crippen molar-refractivity contribution < 1.29 is 13.2 Å². The zero-order valence-electron chi connectivity index (χ0n) is 11.8. The van der Waals surface area contributed by atoms with E-state index >= 15 is 0 Å². The number of hydrogen-bond acceptors (Lipinski definition) is 2. The molecule has 1 N–H and O–H groups in total. The van der Waals surface area contributed by atoms with Gasteiger partial charge >= 0.3 is 0 Å². The molecule has 2 rings (SSSR count). The quantitative estimate of drug-likeness (QED) is 0.788. The maximum atomic E-state index is 13.8. The van der Waals surface area contributed by atoms with E-state index < -0.39 is 11.6 Å². The third-order valence-corrected chi connectivity index (χ3v) is 3.81. The molecule has 1 aromatic carbocycles. The fraction of sp³-hybridized carbons (Fsp3) is 0.467. The van der Waals surface area contributed by atoms with Crippen molar-refractivity contribution in [2.24, 2.45) is 5.92 Å². The minimum atomic E-state index is -0.923. The van der Waals surface area contributed by atoms with Gasteiger partial charge in [0.1, 0.15) is 5.76 Å². The van der Waals surface area contributed by atoms with Crippen LogP contribution in [0.1, 0.15) is 32.1 Å². The summed E-state index contributed by atoms with van der Waals surface area (Å²) in [5, 5.41) is 3.90. The zero-order valence-corrected chi connectivity index (χ0v) is 13.4. The Morgan fingerprint density at radius 2 is 2.05 bits per heavy atom. The van der Waals surface area contributed by atoms with Crippen molar-refractivity contribution in [1.29, 1.82) is 0 Å². The van der Waals surface area contributed by atoms with Crippen molar-refractivity contribution in [1.82, 2.24) is 5.32 Å². The monoisotopic (exact) mass is 345 g/mol. The fourth-order valence-electron chi connectivity index (χ4n) is 2.27. The standard InChI is InChI=1S/C15H18BrF2NO/c1-4-9-12(7-19-6-8(2)3)20-15-13(9)10(16)5-11(17)14(15)18/h5,8,19H,4,6-7H2,1-3H3. The fourth-order valence-corrected chi connectivity index (χ4v) is 2.89. The summed E-state index contributed by atoms with van der Waals surface area (Å²) >= 11 is 3.29. The van der Waals surface area contributed by atoms with Gasteiger partial charge in [0.05, 0.1) is 6.54 Å². The Kier molecular flexibility index (Phi) is 4.81. The van der Waals surface area contributed by atoms with Crippen molar-refractivity contribution in [3.63, 3.8) is 0 Å². The van der Waals surface area contributed by atoms with Crippen LogP contribution >= 0.6 is 15.9 Å². The minimum Gasteiger partial charge on any atom is -0.456 e. The molecule has 0 unspecified atom stereocenters. The largest absolute Gasteiger partial charge is 0.456 e. The maximum Gasteiger partial charge on any atom is 0.201 e. The third kappa shape index (κ3) is 2.88. The summed E-state index contributed by atoms with van der Waals surface area (Å²) in [6.07, 6.45) is 0.704. The molecule has 2 aromatic rings. The molecule has 0 amide bonds. The first-order valence-corrected chi connectivity index (χ1v) is 7.53. The highest BCUT2D eigenvalue weighted by atomic mass is 79.9. The van der Waals surface area contributed by atoms with Crippen LogP contribution in [0.2, 0.25) is 0 Å². The first kappa shape index (κ1) is 15.4. The molecule has 0 aliphatic carbocycles. The predicted octanol–water partition coefficient (Wildman–Crippen LogP) is 4.78. The second-order valence-corrected chi connectivity index (χ2v) is 6.09. The summed E-state index contributed by atoms with van der Waals surface area (Å²) in [6, 6.07) is 1.15. The topological polar surface area (TPSA) is 25.2 Å². The van der Waals surface area contributed by atoms with Crippen LogP contribution in [0.5, 0.6) is 0 Å². The smallest absolute Gasteiger partial charge is 0.201 e. The van der Waals surface area contributed by atoms with Gasteiger partial charge in [-0.3, -0.25) is 0 Å². The predicted molar refractivity (Wildman–Crippen MR) is 79.8 cm³/mol. The SMILES string of the molecule is CCc1c(CNCC(C)C)oc2c(F)c(F)cc(Br)c12. The summed E-state index contributed by atoms with van der Waals surface area (Å²) in [7, 11) is 0. The molecule has 0 aliphatic heterocycles. The summed E-state index contributed by atoms with van der Waals surface area (Å²) in [5.74, 6) is -0.630. The zero-order chi connectivity index (χ0) is 14.9. The molecule has 0 spiro atoms. The van der Waals surface area contributed by atoms with Crippen LogP contribution in [-0.2, 0) is 13.0 Å². The highest BCUT2D eigenvalue weighted by Gasteiger charge is 2.21. The van der Waals surface area contributed by atoms with E-state index in [0.717, 1.165) is 18.2 Å². The molecule has 110 valence electrons. The van der Waals surface area contributed by atoms with Crippen LogP contribution in [0, 0.1) is 17.6 Å². The molecule has 0 radical (unpaired) electrons. The van der Waals surface area contributed by atoms with Gasteiger partial charge in [-0.25, -0.2) is 4.39 Å². The Balaban J connectivity index is 2.45. The number of rotatable bonds is 5. The highest BCUT2D eigenvalue weighted by Crippen LogP contribution is 2.35. The normalized spacial score (nSPS) is 11.8. The Labute approximate surface area is 125 Å². The van der Waals surface area contributed by atoms with Crippen molar-refractivity contribution in [2.45, 2.75) is 33.7 Å². The average Bonchev–Trinajstić information content (AvgIpc) is 2.75. The second kappa shape index (κ2) is 6.22. The lowest BCUT2D eigenvalue weighted by atomic mass is 10.1. The number of aryl methyl sites for hydroxylation is 1. The molecule has 2 nitrogen and oxygen atoms in total. The van der Waals surface area contributed by atoms with Crippen molar-refractivity contribution >= 4 is 26.9 Å². The van der Waals surface area contributed by atoms with E-state index in [9.17, 15) is 8.78 Å². The first-order valence-electron chi connectivity index (χ1n) is 6.74. The van der Waals surface area contributed by atoms with Crippen molar-refractivity contribution in [3.8, 4) is 0 Å². The number of benzene rings is 1. The second-order valence-electron chi connectivity index (χ2n) is 5.24. The molecule has 0 saturated heterocycles. The lowest BCUT2D eigenvalue weighted by Gasteiger charge is -2.06. The molecule has 5 heteroatoms. The Hall–Kier alpha value is -0.940. The van der Waals surface area contributed by atoms with Crippen LogP contribution in [0.25, 0.3) is 11.0 Å². The van der Waals surface area contributed by atoms with Crippen molar-refractivity contribution in [3.05, 3.63) is 33.5 Å². The van der Waals surface area contributed by atoms with Gasteiger partial charge in [0.2, 0.25) is 5.82 Å². The Morgan fingerprint density at radius 1 is 1.35 bits per heavy atom. The summed E-state index contributed by atoms with van der Waals surface area (Å²) in [4.78, 5) is 0. The third-order valence-electron chi connectivity index (χ3n) is 3.18. The van der Waals surface area contributed by atoms with Crippen LogP contribution in [0.3, 0.4) is 0 Å². The van der Waals surface area contributed by atoms with Gasteiger partial charge in [0.25, 0.3) is 0 Å². The van der Waals surface area contributed by atoms with Gasteiger partial charge in [0.15, 0.2) is 11.4 Å². The first-order chi connectivity index (χ1) is 9.45. The summed E-state index contributed by atoms with van der Waals surface area (Å²) in [5.41, 5.74) is 0.914. The molecule has 1 heterocycles. The summed E-state index contributed by atoms with van der Waals surface area (Å²) < 4.78 is 33.4. The minimum absolute atomic E-state index is 0.00456. The molecule has 20 heavy (non-hydrogen) atoms. The number of hydrogen-bond donors (Lipinski definition) is 1. The van der Waals surface area contributed by atoms with E-state index in [1.807, 2.05) is 6.92 Å². The average molecular weight is 346 g/mol. The molecule has 0 atom stereocenters. The van der Waals surface area contributed by atoms with Gasteiger partial charge in [0, 0.05) is 15.4 Å². The van der Waals surface area contributed by atoms with E-state index in [2.05, 4.69) is 35.1 Å². The molecule has 1 aromatic heterocycles. The number of fused-ring (bicyclic) bond motifs is 1. The molecule has 0 saturated carbocycles. The van der Waals surface area contributed by atoms with Gasteiger partial charge < -0.3 is 9.73 Å². The van der Waals surface area contributed by atoms with E-state index in [0.29, 0.717) is 34.5 Å². The molecular weight excluding hydrogens is 328 g/mol. The number of nitrogens with one attached hydrogen (secondary N) is 1. The van der Waals surface area contributed by atoms with E-state index in [1.165, 1.54) is 0 Å². The van der Waals surface area contributed by atoms with Gasteiger partial charge in [-0.1, -0.05) is 20.8 Å². The van der Waals surface area contributed by atoms with Crippen LogP contribution in [0.4, 0.5) is 8.78 Å². The van der Waals surface area contributed by atoms with Crippen LogP contribution in [0.15, 0.2) is 15.0 Å². The van der Waals surface area contributed by atoms with Gasteiger partial charge in [-0.05, 0) is 40.9 Å². The molecule has 0 aliphatic rings. The van der Waals surface area contributed by atoms with E-state index in [4.69, 9.17) is 4.42 Å². The Morgan fingerprint density at radius 3 is 2.65 bits per heavy atom. The van der Waals surface area contributed by atoms with Gasteiger partial charge in [-0.2, -0.15) is 4.39 Å².